The van der Waals surface area contributed by atoms with E-state index in [-0.39, 0.29) is 11.5 Å². The average molecular weight is 709 g/mol. The molecule has 0 amide bonds. The van der Waals surface area contributed by atoms with E-state index in [1.165, 1.54) is 121 Å². The molecule has 2 aromatic rings. The molecular weight excluding hydrogens is 646 g/mol. The lowest BCUT2D eigenvalue weighted by atomic mass is 9.94. The molecule has 4 aliphatic heterocycles. The van der Waals surface area contributed by atoms with Crippen molar-refractivity contribution in [3.05, 3.63) is 47.5 Å². The second kappa shape index (κ2) is 22.8. The largest absolute Gasteiger partial charge is 0.596 e. The highest BCUT2D eigenvalue weighted by Crippen LogP contribution is 2.61. The van der Waals surface area contributed by atoms with Crippen LogP contribution in [0.3, 0.4) is 0 Å². The van der Waals surface area contributed by atoms with Gasteiger partial charge >= 0.3 is 15.6 Å². The highest BCUT2D eigenvalue weighted by molar-refractivity contribution is 7.61. The van der Waals surface area contributed by atoms with Crippen LogP contribution in [0.2, 0.25) is 0 Å². The number of phosphoric acid groups is 2. The first kappa shape index (κ1) is 40.6. The van der Waals surface area contributed by atoms with Crippen molar-refractivity contribution in [2.45, 2.75) is 168 Å². The van der Waals surface area contributed by atoms with Crippen molar-refractivity contribution >= 4 is 15.6 Å². The Morgan fingerprint density at radius 1 is 0.542 bits per heavy atom. The van der Waals surface area contributed by atoms with Gasteiger partial charge in [0.2, 0.25) is 0 Å². The van der Waals surface area contributed by atoms with Gasteiger partial charge in [0.1, 0.15) is 23.0 Å². The van der Waals surface area contributed by atoms with Crippen LogP contribution in [0.1, 0.15) is 166 Å². The van der Waals surface area contributed by atoms with Crippen molar-refractivity contribution in [1.82, 2.24) is 0 Å². The number of ether oxygens (including phenoxy) is 1. The zero-order valence-corrected chi connectivity index (χ0v) is 31.5. The maximum Gasteiger partial charge on any atom is 0.596 e. The molecule has 8 nitrogen and oxygen atoms in total. The Kier molecular flexibility index (Phi) is 19.3. The van der Waals surface area contributed by atoms with E-state index in [9.17, 15) is 18.9 Å². The van der Waals surface area contributed by atoms with Gasteiger partial charge in [-0.2, -0.15) is 4.31 Å². The molecule has 2 aromatic carbocycles. The first-order valence-electron chi connectivity index (χ1n) is 18.9. The maximum atomic E-state index is 13.8. The maximum absolute atomic E-state index is 13.8. The van der Waals surface area contributed by atoms with E-state index >= 15 is 0 Å². The molecule has 0 spiro atoms. The quantitative estimate of drug-likeness (QED) is 0.0734. The Labute approximate surface area is 290 Å². The molecule has 0 radical (unpaired) electrons. The summed E-state index contributed by atoms with van der Waals surface area (Å²) in [7, 11) is -9.97. The van der Waals surface area contributed by atoms with E-state index in [4.69, 9.17) is 18.1 Å². The third kappa shape index (κ3) is 16.3. The SMILES string of the molecule is CCCCCCCCCCCCCc1c2ccc(c1CCCCCCCCCCCCC)OP(=O)(OP(=O)(O)O)Oc1ccc(cc1)O2. The van der Waals surface area contributed by atoms with Crippen LogP contribution in [0.15, 0.2) is 36.4 Å². The molecule has 48 heavy (non-hydrogen) atoms. The lowest BCUT2D eigenvalue weighted by molar-refractivity contribution is 0.233. The Bertz CT molecular complexity index is 1260. The topological polar surface area (TPSA) is 112 Å². The van der Waals surface area contributed by atoms with E-state index < -0.39 is 15.6 Å². The summed E-state index contributed by atoms with van der Waals surface area (Å²) in [6.45, 7) is 4.50. The fourth-order valence-corrected chi connectivity index (χ4v) is 8.58. The lowest BCUT2D eigenvalue weighted by Crippen LogP contribution is -2.09. The van der Waals surface area contributed by atoms with Gasteiger partial charge in [-0.05, 0) is 62.1 Å². The van der Waals surface area contributed by atoms with Gasteiger partial charge in [-0.1, -0.05) is 142 Å². The van der Waals surface area contributed by atoms with Gasteiger partial charge in [0, 0.05) is 11.1 Å². The van der Waals surface area contributed by atoms with Crippen LogP contribution in [-0.4, -0.2) is 9.79 Å². The number of hydrogen-bond acceptors (Lipinski definition) is 6. The molecule has 4 bridgehead atoms. The number of hydrogen-bond donors (Lipinski definition) is 2. The van der Waals surface area contributed by atoms with Gasteiger partial charge in [-0.3, -0.25) is 0 Å². The first-order valence-corrected chi connectivity index (χ1v) is 21.9. The molecule has 0 aliphatic carbocycles. The Balaban J connectivity index is 1.70. The summed E-state index contributed by atoms with van der Waals surface area (Å²) < 4.78 is 48.1. The molecule has 0 saturated heterocycles. The Morgan fingerprint density at radius 3 is 1.35 bits per heavy atom. The first-order chi connectivity index (χ1) is 23.2. The van der Waals surface area contributed by atoms with E-state index in [0.717, 1.165) is 49.7 Å². The summed E-state index contributed by atoms with van der Waals surface area (Å²) in [4.78, 5) is 19.2. The standard InChI is InChI=1S/C38H62O8P2/c1-3-5-7-9-11-13-15-17-19-21-23-25-35-36(26-24-22-20-18-16-14-12-10-8-6-4-2)38-32-31-37(35)43-33-27-29-34(30-28-33)44-48(42,45-38)46-47(39,40)41/h27-32H,3-26H2,1-2H3,(H2,39,40,41). The number of rotatable bonds is 26. The molecule has 1 atom stereocenters. The Morgan fingerprint density at radius 2 is 0.917 bits per heavy atom. The fraction of sp³-hybridized carbons (Fsp3) is 0.684. The minimum absolute atomic E-state index is 0.0854. The van der Waals surface area contributed by atoms with Gasteiger partial charge in [-0.25, -0.2) is 9.13 Å². The second-order valence-electron chi connectivity index (χ2n) is 13.4. The molecule has 2 N–H and O–H groups in total. The highest BCUT2D eigenvalue weighted by Gasteiger charge is 2.40. The second-order valence-corrected chi connectivity index (χ2v) is 16.3. The third-order valence-electron chi connectivity index (χ3n) is 9.09. The highest BCUT2D eigenvalue weighted by atomic mass is 31.3. The minimum atomic E-state index is -5.21. The average Bonchev–Trinajstić information content (AvgIpc) is 3.03. The van der Waals surface area contributed by atoms with E-state index in [2.05, 4.69) is 13.8 Å². The lowest BCUT2D eigenvalue weighted by Gasteiger charge is -2.24. The van der Waals surface area contributed by atoms with Crippen molar-refractivity contribution in [2.24, 2.45) is 0 Å². The molecule has 1 unspecified atom stereocenters. The van der Waals surface area contributed by atoms with Crippen LogP contribution in [0.25, 0.3) is 0 Å². The summed E-state index contributed by atoms with van der Waals surface area (Å²) in [6, 6.07) is 9.80. The number of unbranched alkanes of at least 4 members (excludes halogenated alkanes) is 20. The zero-order valence-electron chi connectivity index (χ0n) is 29.7. The summed E-state index contributed by atoms with van der Waals surface area (Å²) in [6.07, 6.45) is 28.6. The van der Waals surface area contributed by atoms with Crippen LogP contribution >= 0.6 is 15.6 Å². The van der Waals surface area contributed by atoms with E-state index in [1.807, 2.05) is 0 Å². The summed E-state index contributed by atoms with van der Waals surface area (Å²) >= 11 is 0. The van der Waals surface area contributed by atoms with Gasteiger partial charge < -0.3 is 23.6 Å². The Hall–Kier alpha value is -1.82. The summed E-state index contributed by atoms with van der Waals surface area (Å²) in [5.41, 5.74) is 1.81. The van der Waals surface area contributed by atoms with Crippen molar-refractivity contribution in [1.29, 1.82) is 0 Å². The van der Waals surface area contributed by atoms with Gasteiger partial charge in [-0.15, -0.1) is 0 Å². The smallest absolute Gasteiger partial charge is 0.457 e. The van der Waals surface area contributed by atoms with Gasteiger partial charge in [0.15, 0.2) is 0 Å². The van der Waals surface area contributed by atoms with Gasteiger partial charge in [0.05, 0.1) is 0 Å². The van der Waals surface area contributed by atoms with Gasteiger partial charge in [0.25, 0.3) is 0 Å². The summed E-state index contributed by atoms with van der Waals surface area (Å²) in [5, 5.41) is 0. The van der Waals surface area contributed by atoms with Crippen molar-refractivity contribution < 1.29 is 37.0 Å². The third-order valence-corrected chi connectivity index (χ3v) is 11.6. The van der Waals surface area contributed by atoms with Crippen molar-refractivity contribution in [3.63, 3.8) is 0 Å². The number of benzene rings is 2. The van der Waals surface area contributed by atoms with Crippen LogP contribution in [0.4, 0.5) is 0 Å². The minimum Gasteiger partial charge on any atom is -0.457 e. The normalized spacial score (nSPS) is 15.8. The monoisotopic (exact) mass is 708 g/mol. The number of phosphoric ester groups is 1. The predicted octanol–water partition coefficient (Wildman–Crippen LogP) is 13.2. The molecule has 0 fully saturated rings. The molecular formula is C38H62O8P2. The van der Waals surface area contributed by atoms with Crippen molar-refractivity contribution in [2.75, 3.05) is 0 Å². The predicted molar refractivity (Wildman–Crippen MR) is 195 cm³/mol. The molecule has 6 rings (SSSR count). The molecule has 4 heterocycles. The molecule has 0 aromatic heterocycles. The molecule has 272 valence electrons. The van der Waals surface area contributed by atoms with Crippen molar-refractivity contribution in [3.8, 4) is 23.0 Å². The van der Waals surface area contributed by atoms with Crippen LogP contribution in [0.5, 0.6) is 23.0 Å². The van der Waals surface area contributed by atoms with Crippen LogP contribution < -0.4 is 13.8 Å². The zero-order chi connectivity index (χ0) is 34.5. The van der Waals surface area contributed by atoms with E-state index in [0.29, 0.717) is 17.9 Å². The molecule has 4 aliphatic rings. The van der Waals surface area contributed by atoms with E-state index in [1.54, 1.807) is 24.3 Å². The summed E-state index contributed by atoms with van der Waals surface area (Å²) in [5.74, 6) is 1.64. The van der Waals surface area contributed by atoms with Crippen LogP contribution in [-0.2, 0) is 26.3 Å². The molecule has 0 saturated carbocycles. The van der Waals surface area contributed by atoms with Crippen LogP contribution in [0, 0.1) is 0 Å². The fourth-order valence-electron chi connectivity index (χ4n) is 6.44. The molecule has 10 heteroatoms.